The number of rotatable bonds is 2. The summed E-state index contributed by atoms with van der Waals surface area (Å²) >= 11 is 0. The lowest BCUT2D eigenvalue weighted by atomic mass is 10.3. The molecule has 0 bridgehead atoms. The van der Waals surface area contributed by atoms with Crippen LogP contribution in [-0.4, -0.2) is 6.61 Å². The van der Waals surface area contributed by atoms with E-state index in [-0.39, 0.29) is 24.0 Å². The van der Waals surface area contributed by atoms with Gasteiger partial charge in [-0.1, -0.05) is 24.1 Å². The molecule has 0 heterocycles. The highest BCUT2D eigenvalue weighted by atomic mass is 127. The van der Waals surface area contributed by atoms with Crippen LogP contribution in [0.3, 0.4) is 0 Å². The van der Waals surface area contributed by atoms with E-state index in [1.807, 2.05) is 30.3 Å². The summed E-state index contributed by atoms with van der Waals surface area (Å²) in [5, 5.41) is 0. The molecular formula is C9H9IO. The summed E-state index contributed by atoms with van der Waals surface area (Å²) in [6.07, 6.45) is 5.00. The number of para-hydroxylation sites is 1. The van der Waals surface area contributed by atoms with Crippen molar-refractivity contribution in [3.05, 3.63) is 30.3 Å². The van der Waals surface area contributed by atoms with Gasteiger partial charge in [-0.25, -0.2) is 0 Å². The highest BCUT2D eigenvalue weighted by Gasteiger charge is 1.85. The maximum absolute atomic E-state index is 5.12. The first kappa shape index (κ1) is 10.3. The largest absolute Gasteiger partial charge is 0.481 e. The van der Waals surface area contributed by atoms with Crippen LogP contribution in [0.5, 0.6) is 5.75 Å². The van der Waals surface area contributed by atoms with Crippen LogP contribution in [0.1, 0.15) is 0 Å². The zero-order valence-corrected chi connectivity index (χ0v) is 8.32. The Hall–Kier alpha value is -0.690. The lowest BCUT2D eigenvalue weighted by Gasteiger charge is -1.98. The van der Waals surface area contributed by atoms with Crippen molar-refractivity contribution in [3.8, 4) is 18.1 Å². The molecule has 0 spiro atoms. The second-order valence-corrected chi connectivity index (χ2v) is 1.81. The molecule has 2 heteroatoms. The molecule has 0 fully saturated rings. The Morgan fingerprint density at radius 1 is 1.27 bits per heavy atom. The Morgan fingerprint density at radius 3 is 2.45 bits per heavy atom. The Morgan fingerprint density at radius 2 is 1.91 bits per heavy atom. The van der Waals surface area contributed by atoms with Crippen molar-refractivity contribution in [2.75, 3.05) is 6.61 Å². The molecule has 0 saturated carbocycles. The first-order valence-electron chi connectivity index (χ1n) is 3.05. The molecule has 0 radical (unpaired) electrons. The van der Waals surface area contributed by atoms with E-state index in [4.69, 9.17) is 11.2 Å². The van der Waals surface area contributed by atoms with Crippen molar-refractivity contribution in [3.63, 3.8) is 0 Å². The van der Waals surface area contributed by atoms with E-state index in [2.05, 4.69) is 5.92 Å². The molecule has 0 aliphatic heterocycles. The molecule has 0 atom stereocenters. The van der Waals surface area contributed by atoms with Gasteiger partial charge in [-0.15, -0.1) is 30.4 Å². The van der Waals surface area contributed by atoms with Gasteiger partial charge in [-0.2, -0.15) is 0 Å². The second kappa shape index (κ2) is 6.05. The average molecular weight is 260 g/mol. The molecular weight excluding hydrogens is 251 g/mol. The zero-order valence-electron chi connectivity index (χ0n) is 5.99. The van der Waals surface area contributed by atoms with Gasteiger partial charge in [-0.3, -0.25) is 0 Å². The maximum atomic E-state index is 5.12. The number of terminal acetylenes is 1. The van der Waals surface area contributed by atoms with Gasteiger partial charge in [0.1, 0.15) is 12.4 Å². The number of hydrogen-bond donors (Lipinski definition) is 0. The molecule has 0 aliphatic carbocycles. The highest BCUT2D eigenvalue weighted by molar-refractivity contribution is 14.0. The first-order chi connectivity index (χ1) is 4.93. The predicted octanol–water partition coefficient (Wildman–Crippen LogP) is 2.32. The van der Waals surface area contributed by atoms with E-state index in [1.54, 1.807) is 0 Å². The number of benzene rings is 1. The van der Waals surface area contributed by atoms with E-state index in [1.165, 1.54) is 0 Å². The van der Waals surface area contributed by atoms with E-state index in [9.17, 15) is 0 Å². The van der Waals surface area contributed by atoms with E-state index in [0.717, 1.165) is 5.75 Å². The highest BCUT2D eigenvalue weighted by Crippen LogP contribution is 2.06. The van der Waals surface area contributed by atoms with Gasteiger partial charge in [-0.05, 0) is 12.1 Å². The zero-order chi connectivity index (χ0) is 7.23. The SMILES string of the molecule is C#CCOc1ccccc1.I. The summed E-state index contributed by atoms with van der Waals surface area (Å²) in [6, 6.07) is 9.50. The molecule has 1 aromatic carbocycles. The Kier molecular flexibility index (Phi) is 5.67. The van der Waals surface area contributed by atoms with E-state index in [0.29, 0.717) is 6.61 Å². The minimum atomic E-state index is 0. The van der Waals surface area contributed by atoms with E-state index < -0.39 is 0 Å². The van der Waals surface area contributed by atoms with Gasteiger partial charge in [0.25, 0.3) is 0 Å². The summed E-state index contributed by atoms with van der Waals surface area (Å²) in [5.74, 6) is 3.21. The third-order valence-electron chi connectivity index (χ3n) is 1.07. The van der Waals surface area contributed by atoms with Crippen molar-refractivity contribution < 1.29 is 4.74 Å². The minimum Gasteiger partial charge on any atom is -0.481 e. The lowest BCUT2D eigenvalue weighted by molar-refractivity contribution is 0.370. The van der Waals surface area contributed by atoms with Gasteiger partial charge < -0.3 is 4.74 Å². The molecule has 1 nitrogen and oxygen atoms in total. The lowest BCUT2D eigenvalue weighted by Crippen LogP contribution is -1.91. The molecule has 0 N–H and O–H groups in total. The van der Waals surface area contributed by atoms with Crippen molar-refractivity contribution in [2.24, 2.45) is 0 Å². The van der Waals surface area contributed by atoms with Crippen LogP contribution in [0.4, 0.5) is 0 Å². The summed E-state index contributed by atoms with van der Waals surface area (Å²) in [7, 11) is 0. The maximum Gasteiger partial charge on any atom is 0.148 e. The summed E-state index contributed by atoms with van der Waals surface area (Å²) in [5.41, 5.74) is 0. The Bertz CT molecular complexity index is 225. The topological polar surface area (TPSA) is 9.23 Å². The third kappa shape index (κ3) is 3.89. The third-order valence-corrected chi connectivity index (χ3v) is 1.07. The molecule has 11 heavy (non-hydrogen) atoms. The van der Waals surface area contributed by atoms with Gasteiger partial charge in [0.15, 0.2) is 0 Å². The van der Waals surface area contributed by atoms with Crippen LogP contribution in [0.15, 0.2) is 30.3 Å². The van der Waals surface area contributed by atoms with E-state index >= 15 is 0 Å². The monoisotopic (exact) mass is 260 g/mol. The molecule has 0 amide bonds. The number of ether oxygens (including phenoxy) is 1. The Labute approximate surface area is 83.8 Å². The fraction of sp³-hybridized carbons (Fsp3) is 0.111. The van der Waals surface area contributed by atoms with Gasteiger partial charge in [0.05, 0.1) is 0 Å². The second-order valence-electron chi connectivity index (χ2n) is 1.81. The standard InChI is InChI=1S/C9H8O.HI/c1-2-8-10-9-6-4-3-5-7-9;/h1,3-7H,8H2;1H. The van der Waals surface area contributed by atoms with Gasteiger partial charge in [0.2, 0.25) is 0 Å². The van der Waals surface area contributed by atoms with Crippen LogP contribution in [0.25, 0.3) is 0 Å². The fourth-order valence-corrected chi connectivity index (χ4v) is 0.642. The van der Waals surface area contributed by atoms with Crippen molar-refractivity contribution >= 4 is 24.0 Å². The predicted molar refractivity (Wildman–Crippen MR) is 56.2 cm³/mol. The van der Waals surface area contributed by atoms with Crippen LogP contribution >= 0.6 is 24.0 Å². The molecule has 58 valence electrons. The summed E-state index contributed by atoms with van der Waals surface area (Å²) in [4.78, 5) is 0. The molecule has 0 saturated heterocycles. The number of halogens is 1. The molecule has 0 aromatic heterocycles. The van der Waals surface area contributed by atoms with Crippen molar-refractivity contribution in [2.45, 2.75) is 0 Å². The van der Waals surface area contributed by atoms with Crippen LogP contribution in [0, 0.1) is 12.3 Å². The summed E-state index contributed by atoms with van der Waals surface area (Å²) < 4.78 is 5.12. The quantitative estimate of drug-likeness (QED) is 0.585. The molecule has 0 aliphatic rings. The van der Waals surface area contributed by atoms with Crippen molar-refractivity contribution in [1.82, 2.24) is 0 Å². The minimum absolute atomic E-state index is 0. The smallest absolute Gasteiger partial charge is 0.148 e. The van der Waals surface area contributed by atoms with Crippen LogP contribution in [0.2, 0.25) is 0 Å². The van der Waals surface area contributed by atoms with Crippen molar-refractivity contribution in [1.29, 1.82) is 0 Å². The van der Waals surface area contributed by atoms with Crippen LogP contribution < -0.4 is 4.74 Å². The molecule has 0 unspecified atom stereocenters. The summed E-state index contributed by atoms with van der Waals surface area (Å²) in [6.45, 7) is 0.337. The van der Waals surface area contributed by atoms with Gasteiger partial charge in [0, 0.05) is 0 Å². The fourth-order valence-electron chi connectivity index (χ4n) is 0.642. The molecule has 1 aromatic rings. The van der Waals surface area contributed by atoms with Crippen LogP contribution in [-0.2, 0) is 0 Å². The normalized spacial score (nSPS) is 7.55. The van der Waals surface area contributed by atoms with Gasteiger partial charge >= 0.3 is 0 Å². The first-order valence-corrected chi connectivity index (χ1v) is 3.05. The number of hydrogen-bond acceptors (Lipinski definition) is 1. The average Bonchev–Trinajstić information content (AvgIpc) is 2.03. The molecule has 1 rings (SSSR count). The Balaban J connectivity index is 0.000001000.